The molecule has 0 aliphatic carbocycles. The first kappa shape index (κ1) is 23.2. The number of hydrogen-bond donors (Lipinski definition) is 3. The van der Waals surface area contributed by atoms with Crippen molar-refractivity contribution in [2.45, 2.75) is 46.1 Å². The molecule has 0 aromatic carbocycles. The van der Waals surface area contributed by atoms with Gasteiger partial charge in [-0.05, 0) is 19.8 Å². The summed E-state index contributed by atoms with van der Waals surface area (Å²) in [5, 5.41) is 12.9. The fourth-order valence-electron chi connectivity index (χ4n) is 2.77. The van der Waals surface area contributed by atoms with Crippen LogP contribution >= 0.6 is 24.0 Å². The van der Waals surface area contributed by atoms with Crippen LogP contribution in [0.1, 0.15) is 51.0 Å². The van der Waals surface area contributed by atoms with E-state index in [1.165, 1.54) is 4.90 Å². The van der Waals surface area contributed by atoms with E-state index >= 15 is 0 Å². The predicted octanol–water partition coefficient (Wildman–Crippen LogP) is 1.80. The van der Waals surface area contributed by atoms with E-state index in [9.17, 15) is 9.59 Å². The van der Waals surface area contributed by atoms with E-state index in [0.29, 0.717) is 37.3 Å². The molecule has 0 atom stereocenters. The lowest BCUT2D eigenvalue weighted by atomic mass is 9.99. The van der Waals surface area contributed by atoms with Crippen molar-refractivity contribution in [2.24, 2.45) is 4.99 Å². The van der Waals surface area contributed by atoms with Gasteiger partial charge < -0.3 is 20.5 Å². The maximum absolute atomic E-state index is 11.6. The Balaban J connectivity index is 0.00000364. The first-order valence-corrected chi connectivity index (χ1v) is 9.14. The van der Waals surface area contributed by atoms with E-state index in [0.717, 1.165) is 18.5 Å². The Morgan fingerprint density at radius 2 is 2.07 bits per heavy atom. The fraction of sp³-hybridized carbons (Fsp3) is 0.647. The molecule has 27 heavy (non-hydrogen) atoms. The van der Waals surface area contributed by atoms with Gasteiger partial charge in [0, 0.05) is 31.6 Å². The summed E-state index contributed by atoms with van der Waals surface area (Å²) in [6.45, 7) is 8.08. The topological polar surface area (TPSA) is 112 Å². The molecule has 0 bridgehead atoms. The van der Waals surface area contributed by atoms with E-state index in [1.807, 2.05) is 13.0 Å². The molecule has 0 unspecified atom stereocenters. The zero-order valence-electron chi connectivity index (χ0n) is 16.1. The van der Waals surface area contributed by atoms with Crippen LogP contribution in [0.5, 0.6) is 0 Å². The molecule has 3 N–H and O–H groups in total. The second-order valence-corrected chi connectivity index (χ2v) is 6.06. The summed E-state index contributed by atoms with van der Waals surface area (Å²) >= 11 is 0. The summed E-state index contributed by atoms with van der Waals surface area (Å²) in [6.07, 6.45) is 2.05. The lowest BCUT2D eigenvalue weighted by Gasteiger charge is -2.15. The number of amides is 3. The number of halogens is 1. The third-order valence-electron chi connectivity index (χ3n) is 4.28. The molecule has 1 saturated heterocycles. The van der Waals surface area contributed by atoms with Crippen molar-refractivity contribution in [1.29, 1.82) is 0 Å². The molecule has 2 heterocycles. The standard InChI is InChI=1S/C17H28N6O3.HI/c1-4-12(5-2)14-9-13(26-22-14)10-20-16(18-6-3)19-7-8-23-15(24)11-21-17(23)25;/h9,12H,4-8,10-11H2,1-3H3,(H,21,25)(H2,18,19,20);1H. The number of carbonyl (C=O) groups excluding carboxylic acids is 2. The second kappa shape index (κ2) is 11.8. The van der Waals surface area contributed by atoms with Crippen molar-refractivity contribution in [3.05, 3.63) is 17.5 Å². The number of aromatic nitrogens is 1. The average Bonchev–Trinajstić information content (AvgIpc) is 3.22. The van der Waals surface area contributed by atoms with E-state index in [4.69, 9.17) is 4.52 Å². The number of nitrogens with one attached hydrogen (secondary N) is 3. The van der Waals surface area contributed by atoms with E-state index < -0.39 is 0 Å². The molecular weight excluding hydrogens is 463 g/mol. The molecule has 10 heteroatoms. The Hall–Kier alpha value is -1.85. The van der Waals surface area contributed by atoms with Crippen LogP contribution in [-0.2, 0) is 11.3 Å². The number of imide groups is 1. The van der Waals surface area contributed by atoms with E-state index in [-0.39, 0.29) is 49.0 Å². The largest absolute Gasteiger partial charge is 0.359 e. The molecule has 9 nitrogen and oxygen atoms in total. The van der Waals surface area contributed by atoms with Gasteiger partial charge >= 0.3 is 6.03 Å². The molecule has 1 aromatic heterocycles. The van der Waals surface area contributed by atoms with Gasteiger partial charge in [-0.3, -0.25) is 9.69 Å². The molecule has 3 amide bonds. The fourth-order valence-corrected chi connectivity index (χ4v) is 2.77. The lowest BCUT2D eigenvalue weighted by molar-refractivity contribution is -0.124. The minimum Gasteiger partial charge on any atom is -0.359 e. The Kier molecular flexibility index (Phi) is 10.1. The van der Waals surface area contributed by atoms with Gasteiger partial charge in [0.05, 0.1) is 12.2 Å². The number of nitrogens with zero attached hydrogens (tertiary/aromatic N) is 3. The van der Waals surface area contributed by atoms with Gasteiger partial charge in [-0.2, -0.15) is 0 Å². The highest BCUT2D eigenvalue weighted by Crippen LogP contribution is 2.22. The maximum Gasteiger partial charge on any atom is 0.324 e. The van der Waals surface area contributed by atoms with Gasteiger partial charge in [0.15, 0.2) is 11.7 Å². The quantitative estimate of drug-likeness (QED) is 0.210. The van der Waals surface area contributed by atoms with E-state index in [2.05, 4.69) is 39.9 Å². The number of guanidine groups is 1. The van der Waals surface area contributed by atoms with Crippen LogP contribution in [0.4, 0.5) is 4.79 Å². The number of aliphatic imine (C=N–C) groups is 1. The van der Waals surface area contributed by atoms with Crippen LogP contribution in [-0.4, -0.2) is 54.1 Å². The van der Waals surface area contributed by atoms with Gasteiger partial charge in [-0.15, -0.1) is 24.0 Å². The highest BCUT2D eigenvalue weighted by molar-refractivity contribution is 14.0. The molecule has 1 aliphatic heterocycles. The molecule has 1 aliphatic rings. The molecule has 0 spiro atoms. The van der Waals surface area contributed by atoms with Crippen molar-refractivity contribution >= 4 is 41.9 Å². The van der Waals surface area contributed by atoms with Crippen LogP contribution in [0.2, 0.25) is 0 Å². The smallest absolute Gasteiger partial charge is 0.324 e. The van der Waals surface area contributed by atoms with Crippen LogP contribution in [0.25, 0.3) is 0 Å². The summed E-state index contributed by atoms with van der Waals surface area (Å²) in [5.41, 5.74) is 0.969. The maximum atomic E-state index is 11.6. The number of rotatable bonds is 9. The summed E-state index contributed by atoms with van der Waals surface area (Å²) < 4.78 is 5.37. The van der Waals surface area contributed by atoms with Gasteiger partial charge in [0.1, 0.15) is 6.54 Å². The molecular formula is C17H29IN6O3. The first-order chi connectivity index (χ1) is 12.6. The highest BCUT2D eigenvalue weighted by atomic mass is 127. The van der Waals surface area contributed by atoms with Crippen molar-refractivity contribution < 1.29 is 14.1 Å². The third-order valence-corrected chi connectivity index (χ3v) is 4.28. The van der Waals surface area contributed by atoms with Crippen molar-refractivity contribution in [3.63, 3.8) is 0 Å². The van der Waals surface area contributed by atoms with E-state index in [1.54, 1.807) is 0 Å². The Bertz CT molecular complexity index is 628. The monoisotopic (exact) mass is 492 g/mol. The molecule has 0 radical (unpaired) electrons. The summed E-state index contributed by atoms with van der Waals surface area (Å²) in [4.78, 5) is 28.7. The minimum absolute atomic E-state index is 0. The van der Waals surface area contributed by atoms with Crippen LogP contribution in [0.3, 0.4) is 0 Å². The normalized spacial score (nSPS) is 14.4. The van der Waals surface area contributed by atoms with Crippen molar-refractivity contribution in [1.82, 2.24) is 26.0 Å². The lowest BCUT2D eigenvalue weighted by Crippen LogP contribution is -2.43. The average molecular weight is 492 g/mol. The Morgan fingerprint density at radius 3 is 2.67 bits per heavy atom. The zero-order valence-corrected chi connectivity index (χ0v) is 18.4. The van der Waals surface area contributed by atoms with Crippen LogP contribution in [0, 0.1) is 0 Å². The number of carbonyl (C=O) groups is 2. The van der Waals surface area contributed by atoms with Crippen LogP contribution < -0.4 is 16.0 Å². The number of urea groups is 1. The minimum atomic E-state index is -0.352. The third kappa shape index (κ3) is 6.67. The summed E-state index contributed by atoms with van der Waals surface area (Å²) in [6, 6.07) is 1.60. The van der Waals surface area contributed by atoms with Crippen molar-refractivity contribution in [2.75, 3.05) is 26.2 Å². The first-order valence-electron chi connectivity index (χ1n) is 9.14. The predicted molar refractivity (Wildman–Crippen MR) is 113 cm³/mol. The molecule has 1 aromatic rings. The zero-order chi connectivity index (χ0) is 18.9. The second-order valence-electron chi connectivity index (χ2n) is 6.06. The molecule has 0 saturated carbocycles. The van der Waals surface area contributed by atoms with Gasteiger partial charge in [0.2, 0.25) is 5.91 Å². The molecule has 2 rings (SSSR count). The highest BCUT2D eigenvalue weighted by Gasteiger charge is 2.27. The summed E-state index contributed by atoms with van der Waals surface area (Å²) in [7, 11) is 0. The Morgan fingerprint density at radius 1 is 1.33 bits per heavy atom. The van der Waals surface area contributed by atoms with Gasteiger partial charge in [0.25, 0.3) is 0 Å². The molecule has 1 fully saturated rings. The van der Waals surface area contributed by atoms with Crippen molar-refractivity contribution in [3.8, 4) is 0 Å². The van der Waals surface area contributed by atoms with Gasteiger partial charge in [-0.1, -0.05) is 19.0 Å². The van der Waals surface area contributed by atoms with Crippen LogP contribution in [0.15, 0.2) is 15.6 Å². The Labute approximate surface area is 176 Å². The van der Waals surface area contributed by atoms with Gasteiger partial charge in [-0.25, -0.2) is 9.79 Å². The number of hydrogen-bond acceptors (Lipinski definition) is 5. The summed E-state index contributed by atoms with van der Waals surface area (Å²) in [5.74, 6) is 1.50. The SMILES string of the molecule is CCNC(=NCc1cc(C(CC)CC)no1)NCCN1C(=O)CNC1=O.I. The molecule has 152 valence electrons.